The fourth-order valence-corrected chi connectivity index (χ4v) is 1.87. The van der Waals surface area contributed by atoms with Crippen LogP contribution in [0, 0.1) is 0 Å². The minimum Gasteiger partial charge on any atom is -0.480 e. The van der Waals surface area contributed by atoms with E-state index in [0.29, 0.717) is 17.1 Å². The average Bonchev–Trinajstić information content (AvgIpc) is 2.74. The van der Waals surface area contributed by atoms with Crippen LogP contribution in [0.25, 0.3) is 0 Å². The zero-order chi connectivity index (χ0) is 14.7. The lowest BCUT2D eigenvalue weighted by Gasteiger charge is -2.17. The van der Waals surface area contributed by atoms with Crippen molar-refractivity contribution in [3.63, 3.8) is 0 Å². The Morgan fingerprint density at radius 2 is 2.10 bits per heavy atom. The monoisotopic (exact) mass is 289 g/mol. The van der Waals surface area contributed by atoms with E-state index in [-0.39, 0.29) is 25.6 Å². The molecule has 0 amide bonds. The number of halogens is 2. The predicted molar refractivity (Wildman–Crippen MR) is 63.2 cm³/mol. The SMILES string of the molecule is CN(CC(=O)O)Cc1cc2c(cc1OC(F)F)OCO2. The molecule has 6 nitrogen and oxygen atoms in total. The zero-order valence-electron chi connectivity index (χ0n) is 10.6. The first-order valence-corrected chi connectivity index (χ1v) is 5.73. The Balaban J connectivity index is 2.22. The number of carboxylic acids is 1. The van der Waals surface area contributed by atoms with Crippen molar-refractivity contribution in [3.8, 4) is 17.2 Å². The van der Waals surface area contributed by atoms with Crippen LogP contribution in [0.15, 0.2) is 12.1 Å². The van der Waals surface area contributed by atoms with E-state index < -0.39 is 12.6 Å². The Bertz CT molecular complexity index is 509. The molecule has 1 aromatic rings. The molecule has 20 heavy (non-hydrogen) atoms. The standard InChI is InChI=1S/C12H13F2NO5/c1-15(5-11(16)17)4-7-2-9-10(19-6-18-9)3-8(7)20-12(13)14/h2-3,12H,4-6H2,1H3,(H,16,17). The summed E-state index contributed by atoms with van der Waals surface area (Å²) in [4.78, 5) is 12.1. The number of hydrogen-bond donors (Lipinski definition) is 1. The Hall–Kier alpha value is -2.09. The van der Waals surface area contributed by atoms with Crippen molar-refractivity contribution in [3.05, 3.63) is 17.7 Å². The van der Waals surface area contributed by atoms with Gasteiger partial charge in [-0.1, -0.05) is 0 Å². The van der Waals surface area contributed by atoms with Crippen LogP contribution in [0.5, 0.6) is 17.2 Å². The van der Waals surface area contributed by atoms with E-state index >= 15 is 0 Å². The third-order valence-electron chi connectivity index (χ3n) is 2.62. The lowest BCUT2D eigenvalue weighted by Crippen LogP contribution is -2.25. The van der Waals surface area contributed by atoms with E-state index in [9.17, 15) is 13.6 Å². The van der Waals surface area contributed by atoms with Gasteiger partial charge in [0.15, 0.2) is 11.5 Å². The summed E-state index contributed by atoms with van der Waals surface area (Å²) in [5.74, 6) is -0.318. The van der Waals surface area contributed by atoms with Crippen LogP contribution in [0.1, 0.15) is 5.56 Å². The van der Waals surface area contributed by atoms with Gasteiger partial charge in [-0.25, -0.2) is 0 Å². The molecule has 2 rings (SSSR count). The van der Waals surface area contributed by atoms with Crippen LogP contribution in [0.2, 0.25) is 0 Å². The van der Waals surface area contributed by atoms with Gasteiger partial charge < -0.3 is 19.3 Å². The lowest BCUT2D eigenvalue weighted by atomic mass is 10.1. The lowest BCUT2D eigenvalue weighted by molar-refractivity contribution is -0.138. The molecule has 1 aliphatic heterocycles. The number of ether oxygens (including phenoxy) is 3. The van der Waals surface area contributed by atoms with E-state index in [1.165, 1.54) is 17.0 Å². The van der Waals surface area contributed by atoms with Gasteiger partial charge in [-0.05, 0) is 13.1 Å². The maximum atomic E-state index is 12.4. The van der Waals surface area contributed by atoms with E-state index in [4.69, 9.17) is 14.6 Å². The van der Waals surface area contributed by atoms with Gasteiger partial charge in [-0.3, -0.25) is 9.69 Å². The summed E-state index contributed by atoms with van der Waals surface area (Å²) in [5.41, 5.74) is 0.401. The summed E-state index contributed by atoms with van der Waals surface area (Å²) in [6.07, 6.45) is 0. The van der Waals surface area contributed by atoms with Crippen molar-refractivity contribution < 1.29 is 32.9 Å². The van der Waals surface area contributed by atoms with Crippen molar-refractivity contribution in [1.82, 2.24) is 4.90 Å². The maximum absolute atomic E-state index is 12.4. The second-order valence-corrected chi connectivity index (χ2v) is 4.26. The smallest absolute Gasteiger partial charge is 0.387 e. The molecule has 0 spiro atoms. The molecule has 0 unspecified atom stereocenters. The number of rotatable bonds is 6. The minimum atomic E-state index is -2.97. The molecule has 8 heteroatoms. The van der Waals surface area contributed by atoms with Gasteiger partial charge in [0.05, 0.1) is 6.54 Å². The third-order valence-corrected chi connectivity index (χ3v) is 2.62. The second kappa shape index (κ2) is 5.91. The highest BCUT2D eigenvalue weighted by Gasteiger charge is 2.21. The summed E-state index contributed by atoms with van der Waals surface area (Å²) in [7, 11) is 1.56. The molecule has 0 saturated heterocycles. The number of carboxylic acid groups (broad SMARTS) is 1. The zero-order valence-corrected chi connectivity index (χ0v) is 10.6. The summed E-state index contributed by atoms with van der Waals surface area (Å²) in [5, 5.41) is 8.69. The second-order valence-electron chi connectivity index (χ2n) is 4.26. The van der Waals surface area contributed by atoms with Crippen LogP contribution < -0.4 is 14.2 Å². The summed E-state index contributed by atoms with van der Waals surface area (Å²) in [6.45, 7) is -3.05. The van der Waals surface area contributed by atoms with Gasteiger partial charge >= 0.3 is 12.6 Å². The Morgan fingerprint density at radius 1 is 1.45 bits per heavy atom. The molecule has 0 aliphatic carbocycles. The molecule has 1 aliphatic rings. The fraction of sp³-hybridized carbons (Fsp3) is 0.417. The number of alkyl halides is 2. The first-order chi connectivity index (χ1) is 9.45. The van der Waals surface area contributed by atoms with Gasteiger partial charge in [0.25, 0.3) is 0 Å². The number of carbonyl (C=O) groups is 1. The van der Waals surface area contributed by atoms with E-state index in [2.05, 4.69) is 4.74 Å². The minimum absolute atomic E-state index is 0.0118. The molecule has 1 N–H and O–H groups in total. The molecular weight excluding hydrogens is 276 g/mol. The molecular formula is C12H13F2NO5. The average molecular weight is 289 g/mol. The van der Waals surface area contributed by atoms with Crippen LogP contribution in [-0.2, 0) is 11.3 Å². The molecule has 110 valence electrons. The third kappa shape index (κ3) is 3.47. The summed E-state index contributed by atoms with van der Waals surface area (Å²) in [6, 6.07) is 2.83. The largest absolute Gasteiger partial charge is 0.480 e. The quantitative estimate of drug-likeness (QED) is 0.856. The molecule has 0 bridgehead atoms. The number of likely N-dealkylation sites (N-methyl/N-ethyl adjacent to an activating group) is 1. The van der Waals surface area contributed by atoms with Gasteiger partial charge in [0, 0.05) is 18.2 Å². The highest BCUT2D eigenvalue weighted by atomic mass is 19.3. The first-order valence-electron chi connectivity index (χ1n) is 5.73. The number of aliphatic carboxylic acids is 1. The van der Waals surface area contributed by atoms with E-state index in [1.807, 2.05) is 0 Å². The molecule has 1 heterocycles. The number of benzene rings is 1. The van der Waals surface area contributed by atoms with E-state index in [0.717, 1.165) is 0 Å². The number of nitrogens with zero attached hydrogens (tertiary/aromatic N) is 1. The maximum Gasteiger partial charge on any atom is 0.387 e. The predicted octanol–water partition coefficient (Wildman–Crippen LogP) is 1.53. The Morgan fingerprint density at radius 3 is 2.70 bits per heavy atom. The summed E-state index contributed by atoms with van der Waals surface area (Å²) >= 11 is 0. The fourth-order valence-electron chi connectivity index (χ4n) is 1.87. The molecule has 0 radical (unpaired) electrons. The van der Waals surface area contributed by atoms with Crippen LogP contribution in [-0.4, -0.2) is 43.0 Å². The highest BCUT2D eigenvalue weighted by Crippen LogP contribution is 2.39. The molecule has 1 aromatic carbocycles. The van der Waals surface area contributed by atoms with Crippen LogP contribution >= 0.6 is 0 Å². The normalized spacial score (nSPS) is 13.1. The van der Waals surface area contributed by atoms with E-state index in [1.54, 1.807) is 7.05 Å². The van der Waals surface area contributed by atoms with Crippen molar-refractivity contribution in [2.24, 2.45) is 0 Å². The van der Waals surface area contributed by atoms with Crippen LogP contribution in [0.3, 0.4) is 0 Å². The Kier molecular flexibility index (Phi) is 4.23. The molecule has 0 atom stereocenters. The first kappa shape index (κ1) is 14.3. The van der Waals surface area contributed by atoms with Gasteiger partial charge in [-0.2, -0.15) is 8.78 Å². The summed E-state index contributed by atoms with van der Waals surface area (Å²) < 4.78 is 39.5. The van der Waals surface area contributed by atoms with Crippen molar-refractivity contribution in [2.45, 2.75) is 13.2 Å². The Labute approximate surface area is 113 Å². The topological polar surface area (TPSA) is 68.2 Å². The highest BCUT2D eigenvalue weighted by molar-refractivity contribution is 5.69. The van der Waals surface area contributed by atoms with Gasteiger partial charge in [0.1, 0.15) is 5.75 Å². The van der Waals surface area contributed by atoms with Gasteiger partial charge in [0.2, 0.25) is 6.79 Å². The molecule has 0 aromatic heterocycles. The molecule has 0 fully saturated rings. The van der Waals surface area contributed by atoms with Crippen LogP contribution in [0.4, 0.5) is 8.78 Å². The van der Waals surface area contributed by atoms with Crippen molar-refractivity contribution >= 4 is 5.97 Å². The number of fused-ring (bicyclic) bond motifs is 1. The van der Waals surface area contributed by atoms with Gasteiger partial charge in [-0.15, -0.1) is 0 Å². The van der Waals surface area contributed by atoms with Crippen molar-refractivity contribution in [1.29, 1.82) is 0 Å². The number of hydrogen-bond acceptors (Lipinski definition) is 5. The van der Waals surface area contributed by atoms with Crippen molar-refractivity contribution in [2.75, 3.05) is 20.4 Å². The molecule has 0 saturated carbocycles.